The minimum atomic E-state index is -0.0222. The minimum Gasteiger partial charge on any atom is -0.311 e. The summed E-state index contributed by atoms with van der Waals surface area (Å²) in [5, 5.41) is 0. The molecular weight excluding hydrogens is 735 g/mol. The van der Waals surface area contributed by atoms with E-state index in [1.165, 1.54) is 113 Å². The van der Waals surface area contributed by atoms with Gasteiger partial charge in [-0.25, -0.2) is 0 Å². The molecule has 2 aliphatic heterocycles. The predicted octanol–water partition coefficient (Wildman–Crippen LogP) is 14.3. The Labute approximate surface area is 368 Å². The van der Waals surface area contributed by atoms with Crippen LogP contribution in [0.15, 0.2) is 109 Å². The first kappa shape index (κ1) is 41.3. The highest BCUT2D eigenvalue weighted by Gasteiger charge is 2.45. The first-order valence-corrected chi connectivity index (χ1v) is 22.8. The number of hydrogen-bond donors (Lipinski definition) is 0. The van der Waals surface area contributed by atoms with E-state index in [-0.39, 0.29) is 33.8 Å². The first-order valence-electron chi connectivity index (χ1n) is 22.8. The summed E-state index contributed by atoms with van der Waals surface area (Å²) >= 11 is 0. The lowest BCUT2D eigenvalue weighted by molar-refractivity contribution is 0.332. The molecule has 2 heterocycles. The van der Waals surface area contributed by atoms with Gasteiger partial charge in [0.15, 0.2) is 0 Å². The van der Waals surface area contributed by atoms with E-state index < -0.39 is 0 Å². The molecule has 61 heavy (non-hydrogen) atoms. The van der Waals surface area contributed by atoms with Gasteiger partial charge in [-0.1, -0.05) is 156 Å². The Morgan fingerprint density at radius 1 is 0.443 bits per heavy atom. The zero-order valence-corrected chi connectivity index (χ0v) is 39.8. The van der Waals surface area contributed by atoms with Gasteiger partial charge in [0.1, 0.15) is 0 Å². The van der Waals surface area contributed by atoms with E-state index >= 15 is 0 Å². The molecule has 3 heteroatoms. The molecule has 1 aliphatic carbocycles. The van der Waals surface area contributed by atoms with Crippen LogP contribution in [0.1, 0.15) is 142 Å². The van der Waals surface area contributed by atoms with Gasteiger partial charge in [-0.15, -0.1) is 0 Å². The van der Waals surface area contributed by atoms with Gasteiger partial charge < -0.3 is 9.80 Å². The average Bonchev–Trinajstić information content (AvgIpc) is 3.18. The first-order chi connectivity index (χ1) is 28.4. The quantitative estimate of drug-likeness (QED) is 0.164. The smallest absolute Gasteiger partial charge is 0.252 e. The Morgan fingerprint density at radius 2 is 1.00 bits per heavy atom. The summed E-state index contributed by atoms with van der Waals surface area (Å²) in [6.45, 7) is 35.4. The van der Waals surface area contributed by atoms with Crippen molar-refractivity contribution < 1.29 is 0 Å². The zero-order valence-electron chi connectivity index (χ0n) is 39.8. The van der Waals surface area contributed by atoms with E-state index in [2.05, 4.69) is 223 Å². The largest absolute Gasteiger partial charge is 0.311 e. The van der Waals surface area contributed by atoms with Crippen molar-refractivity contribution in [2.75, 3.05) is 9.80 Å². The lowest BCUT2D eigenvalue weighted by Gasteiger charge is -2.45. The highest BCUT2D eigenvalue weighted by Crippen LogP contribution is 2.51. The van der Waals surface area contributed by atoms with Crippen molar-refractivity contribution in [1.82, 2.24) is 0 Å². The van der Waals surface area contributed by atoms with Crippen LogP contribution >= 0.6 is 0 Å². The third-order valence-corrected chi connectivity index (χ3v) is 14.5. The predicted molar refractivity (Wildman–Crippen MR) is 267 cm³/mol. The van der Waals surface area contributed by atoms with Crippen molar-refractivity contribution in [3.8, 4) is 11.1 Å². The number of anilines is 6. The van der Waals surface area contributed by atoms with E-state index in [1.54, 1.807) is 0 Å². The fourth-order valence-electron chi connectivity index (χ4n) is 10.6. The monoisotopic (exact) mass is 803 g/mol. The number of benzene rings is 6. The molecule has 0 amide bonds. The van der Waals surface area contributed by atoms with Gasteiger partial charge in [0.25, 0.3) is 6.71 Å². The Morgan fingerprint density at radius 3 is 1.64 bits per heavy atom. The number of rotatable bonds is 3. The van der Waals surface area contributed by atoms with Gasteiger partial charge in [-0.3, -0.25) is 0 Å². The minimum absolute atomic E-state index is 0.0137. The summed E-state index contributed by atoms with van der Waals surface area (Å²) in [6, 6.07) is 43.6. The molecule has 6 aromatic rings. The maximum absolute atomic E-state index is 2.66. The lowest BCUT2D eigenvalue weighted by atomic mass is 9.33. The standard InChI is InChI=1S/C58H67BN2/c1-36-16-26-49-47(30-36)59-46-25-20-41(56(9,10)11)35-50(46)61(52-32-37(2)31-51(53(52)59)60(49)42-22-18-39(19-23-42)54(3,4)5)48-27-21-40(55(6,7)8)34-43(48)38-17-24-44-45(33-38)58(14,15)29-28-57(44,12)13/h16-27,30-35H,28-29H2,1-15H3. The highest BCUT2D eigenvalue weighted by molar-refractivity contribution is 7.00. The molecule has 0 spiro atoms. The summed E-state index contributed by atoms with van der Waals surface area (Å²) < 4.78 is 0. The van der Waals surface area contributed by atoms with Crippen LogP contribution < -0.4 is 26.2 Å². The van der Waals surface area contributed by atoms with Crippen molar-refractivity contribution in [3.05, 3.63) is 148 Å². The van der Waals surface area contributed by atoms with E-state index in [9.17, 15) is 0 Å². The highest BCUT2D eigenvalue weighted by atomic mass is 15.2. The van der Waals surface area contributed by atoms with Crippen LogP contribution in [0.4, 0.5) is 34.1 Å². The lowest BCUT2D eigenvalue weighted by Crippen LogP contribution is -2.61. The van der Waals surface area contributed by atoms with E-state index in [1.807, 2.05) is 0 Å². The van der Waals surface area contributed by atoms with Crippen molar-refractivity contribution in [2.24, 2.45) is 0 Å². The van der Waals surface area contributed by atoms with Gasteiger partial charge >= 0.3 is 0 Å². The van der Waals surface area contributed by atoms with Crippen LogP contribution in [-0.2, 0) is 27.1 Å². The molecule has 0 N–H and O–H groups in total. The Hall–Kier alpha value is -5.02. The molecule has 9 rings (SSSR count). The van der Waals surface area contributed by atoms with Crippen molar-refractivity contribution in [3.63, 3.8) is 0 Å². The maximum Gasteiger partial charge on any atom is 0.252 e. The summed E-state index contributed by atoms with van der Waals surface area (Å²) in [7, 11) is 0. The zero-order chi connectivity index (χ0) is 43.8. The van der Waals surface area contributed by atoms with Crippen LogP contribution in [0, 0.1) is 13.8 Å². The summed E-state index contributed by atoms with van der Waals surface area (Å²) in [5.41, 5.74) is 24.1. The van der Waals surface area contributed by atoms with Crippen LogP contribution in [0.2, 0.25) is 0 Å². The molecular formula is C58H67BN2. The molecule has 0 bridgehead atoms. The molecule has 0 atom stereocenters. The fraction of sp³-hybridized carbons (Fsp3) is 0.379. The molecule has 0 fully saturated rings. The summed E-state index contributed by atoms with van der Waals surface area (Å²) in [6.07, 6.45) is 2.39. The van der Waals surface area contributed by atoms with Gasteiger partial charge in [0, 0.05) is 34.0 Å². The van der Waals surface area contributed by atoms with E-state index in [0.29, 0.717) is 0 Å². The molecule has 0 saturated heterocycles. The fourth-order valence-corrected chi connectivity index (χ4v) is 10.6. The van der Waals surface area contributed by atoms with Crippen LogP contribution in [0.5, 0.6) is 0 Å². The molecule has 6 aromatic carbocycles. The second-order valence-corrected chi connectivity index (χ2v) is 23.2. The molecule has 0 unspecified atom stereocenters. The number of hydrogen-bond acceptors (Lipinski definition) is 2. The van der Waals surface area contributed by atoms with Crippen molar-refractivity contribution in [2.45, 2.75) is 144 Å². The topological polar surface area (TPSA) is 6.48 Å². The molecule has 312 valence electrons. The van der Waals surface area contributed by atoms with Gasteiger partial charge in [-0.2, -0.15) is 0 Å². The number of aryl methyl sites for hydroxylation is 2. The average molecular weight is 803 g/mol. The Kier molecular flexibility index (Phi) is 9.31. The third-order valence-electron chi connectivity index (χ3n) is 14.5. The SMILES string of the molecule is Cc1ccc2c(c1)B1c3ccc(C(C)(C)C)cc3N(c3ccc(C(C)(C)C)cc3-c3ccc4c(c3)C(C)(C)CCC4(C)C)c3cc(C)cc(c31)N2c1ccc(C(C)(C)C)cc1. The molecule has 2 nitrogen and oxygen atoms in total. The van der Waals surface area contributed by atoms with Gasteiger partial charge in [0.2, 0.25) is 0 Å². The molecule has 0 aromatic heterocycles. The van der Waals surface area contributed by atoms with Crippen molar-refractivity contribution in [1.29, 1.82) is 0 Å². The summed E-state index contributed by atoms with van der Waals surface area (Å²) in [4.78, 5) is 5.21. The molecule has 0 radical (unpaired) electrons. The van der Waals surface area contributed by atoms with E-state index in [4.69, 9.17) is 0 Å². The summed E-state index contributed by atoms with van der Waals surface area (Å²) in [5.74, 6) is 0. The van der Waals surface area contributed by atoms with Gasteiger partial charge in [0.05, 0.1) is 5.69 Å². The Balaban J connectivity index is 1.37. The van der Waals surface area contributed by atoms with Crippen molar-refractivity contribution >= 4 is 57.2 Å². The Bertz CT molecular complexity index is 2730. The van der Waals surface area contributed by atoms with Crippen LogP contribution in [0.3, 0.4) is 0 Å². The van der Waals surface area contributed by atoms with Crippen LogP contribution in [0.25, 0.3) is 11.1 Å². The second-order valence-electron chi connectivity index (χ2n) is 23.2. The van der Waals surface area contributed by atoms with E-state index in [0.717, 1.165) is 0 Å². The molecule has 0 saturated carbocycles. The number of fused-ring (bicyclic) bond motifs is 5. The normalized spacial score (nSPS) is 16.5. The second kappa shape index (κ2) is 13.7. The molecule has 3 aliphatic rings. The van der Waals surface area contributed by atoms with Gasteiger partial charge in [-0.05, 0) is 158 Å². The third kappa shape index (κ3) is 6.86. The number of nitrogens with zero attached hydrogens (tertiary/aromatic N) is 2. The van der Waals surface area contributed by atoms with Crippen LogP contribution in [-0.4, -0.2) is 6.71 Å². The maximum atomic E-state index is 2.66.